The molecule has 0 amide bonds. The van der Waals surface area contributed by atoms with Crippen molar-refractivity contribution < 1.29 is 10.3 Å². The number of nitrogens with zero attached hydrogens (tertiary/aromatic N) is 1. The Bertz CT molecular complexity index is 646. The summed E-state index contributed by atoms with van der Waals surface area (Å²) < 4.78 is -0.675. The molecular weight excluding hydrogens is 362 g/mol. The highest BCUT2D eigenvalue weighted by Crippen LogP contribution is 2.67. The van der Waals surface area contributed by atoms with E-state index in [9.17, 15) is 10.3 Å². The normalized spacial score (nSPS) is 48.5. The Kier molecular flexibility index (Phi) is 4.76. The first-order chi connectivity index (χ1) is 12.3. The van der Waals surface area contributed by atoms with Crippen molar-refractivity contribution in [2.24, 2.45) is 33.7 Å². The third-order valence-electron chi connectivity index (χ3n) is 8.57. The summed E-state index contributed by atoms with van der Waals surface area (Å²) in [5.41, 5.74) is 2.31. The zero-order valence-electron chi connectivity index (χ0n) is 16.0. The van der Waals surface area contributed by atoms with Gasteiger partial charge in [-0.15, -0.1) is 0 Å². The van der Waals surface area contributed by atoms with Gasteiger partial charge >= 0.3 is 0 Å². The molecule has 0 aromatic rings. The standard InChI is InChI=1S/C21H33NO2S2/c1-3-9-20-12-21(25,26)17(22-24)11-13(20)4-5-14-15-6-7-18(23)19(15,2)10-8-16(14)20/h11,14-16,18,23-26H,3-10,12H2,1-2H3/t14-,15-,16-,18-,19-,20-/m0/s1. The molecule has 0 radical (unpaired) electrons. The summed E-state index contributed by atoms with van der Waals surface area (Å²) in [6, 6.07) is 0. The van der Waals surface area contributed by atoms with Crippen molar-refractivity contribution >= 4 is 31.0 Å². The molecule has 0 spiro atoms. The predicted molar refractivity (Wildman–Crippen MR) is 112 cm³/mol. The van der Waals surface area contributed by atoms with E-state index in [1.807, 2.05) is 0 Å². The van der Waals surface area contributed by atoms with E-state index < -0.39 is 4.08 Å². The van der Waals surface area contributed by atoms with E-state index in [1.54, 1.807) is 0 Å². The fourth-order valence-corrected chi connectivity index (χ4v) is 8.20. The van der Waals surface area contributed by atoms with Crippen LogP contribution in [0.2, 0.25) is 0 Å². The Balaban J connectivity index is 1.76. The zero-order valence-corrected chi connectivity index (χ0v) is 17.8. The lowest BCUT2D eigenvalue weighted by atomic mass is 9.46. The van der Waals surface area contributed by atoms with E-state index >= 15 is 0 Å². The average molecular weight is 396 g/mol. The summed E-state index contributed by atoms with van der Waals surface area (Å²) in [7, 11) is 0. The van der Waals surface area contributed by atoms with Crippen LogP contribution in [0.4, 0.5) is 0 Å². The number of allylic oxidation sites excluding steroid dienone is 2. The predicted octanol–water partition coefficient (Wildman–Crippen LogP) is 5.09. The van der Waals surface area contributed by atoms with Crippen LogP contribution in [0, 0.1) is 28.6 Å². The molecule has 146 valence electrons. The first kappa shape index (κ1) is 19.2. The van der Waals surface area contributed by atoms with Gasteiger partial charge in [-0.2, -0.15) is 25.3 Å². The van der Waals surface area contributed by atoms with Gasteiger partial charge < -0.3 is 10.3 Å². The van der Waals surface area contributed by atoms with Crippen LogP contribution in [-0.2, 0) is 0 Å². The van der Waals surface area contributed by atoms with E-state index in [1.165, 1.54) is 24.8 Å². The smallest absolute Gasteiger partial charge is 0.105 e. The Morgan fingerprint density at radius 1 is 1.19 bits per heavy atom. The van der Waals surface area contributed by atoms with Crippen LogP contribution in [0.15, 0.2) is 16.8 Å². The van der Waals surface area contributed by atoms with Crippen LogP contribution in [0.1, 0.15) is 71.6 Å². The molecule has 4 aliphatic rings. The largest absolute Gasteiger partial charge is 0.411 e. The van der Waals surface area contributed by atoms with Crippen LogP contribution in [-0.4, -0.2) is 26.2 Å². The topological polar surface area (TPSA) is 52.8 Å². The van der Waals surface area contributed by atoms with Gasteiger partial charge in [0.05, 0.1) is 6.10 Å². The zero-order chi connectivity index (χ0) is 18.7. The van der Waals surface area contributed by atoms with Crippen LogP contribution >= 0.6 is 25.3 Å². The summed E-state index contributed by atoms with van der Waals surface area (Å²) in [6.07, 6.45) is 11.9. The molecule has 0 unspecified atom stereocenters. The van der Waals surface area contributed by atoms with Gasteiger partial charge in [-0.05, 0) is 86.0 Å². The molecule has 3 saturated carbocycles. The SMILES string of the molecule is CCC[C@]12CC(S)(S)C(=NO)C=C1CC[C@@H]1[C@@H]2CC[C@]2(C)[C@@H](O)CC[C@@H]12. The molecule has 4 rings (SSSR count). The molecule has 6 atom stereocenters. The third-order valence-corrected chi connectivity index (χ3v) is 9.34. The van der Waals surface area contributed by atoms with E-state index in [-0.39, 0.29) is 16.9 Å². The number of hydrogen-bond donors (Lipinski definition) is 4. The lowest BCUT2D eigenvalue weighted by molar-refractivity contribution is -0.0787. The molecule has 0 saturated heterocycles. The second-order valence-electron chi connectivity index (χ2n) is 9.61. The molecular formula is C21H33NO2S2. The van der Waals surface area contributed by atoms with Gasteiger partial charge in [0.1, 0.15) is 9.79 Å². The van der Waals surface area contributed by atoms with Gasteiger partial charge in [-0.3, -0.25) is 0 Å². The summed E-state index contributed by atoms with van der Waals surface area (Å²) in [6.45, 7) is 4.61. The third kappa shape index (κ3) is 2.56. The van der Waals surface area contributed by atoms with Crippen molar-refractivity contribution in [1.82, 2.24) is 0 Å². The number of hydrogen-bond acceptors (Lipinski definition) is 5. The minimum atomic E-state index is -0.675. The molecule has 0 aromatic carbocycles. The molecule has 0 heterocycles. The minimum Gasteiger partial charge on any atom is -0.411 e. The molecule has 5 heteroatoms. The van der Waals surface area contributed by atoms with E-state index in [4.69, 9.17) is 25.3 Å². The lowest BCUT2D eigenvalue weighted by Crippen LogP contribution is -2.54. The fraction of sp³-hybridized carbons (Fsp3) is 0.857. The number of aliphatic hydroxyl groups excluding tert-OH is 1. The molecule has 3 fully saturated rings. The Morgan fingerprint density at radius 2 is 1.96 bits per heavy atom. The highest BCUT2D eigenvalue weighted by atomic mass is 32.2. The van der Waals surface area contributed by atoms with E-state index in [0.717, 1.165) is 38.5 Å². The van der Waals surface area contributed by atoms with Crippen molar-refractivity contribution in [3.8, 4) is 0 Å². The van der Waals surface area contributed by atoms with Gasteiger partial charge in [-0.1, -0.05) is 31.0 Å². The average Bonchev–Trinajstić information content (AvgIpc) is 2.89. The molecule has 0 aliphatic heterocycles. The maximum absolute atomic E-state index is 10.6. The number of fused-ring (bicyclic) bond motifs is 5. The summed E-state index contributed by atoms with van der Waals surface area (Å²) in [5, 5.41) is 23.6. The monoisotopic (exact) mass is 395 g/mol. The first-order valence-corrected chi connectivity index (χ1v) is 11.2. The van der Waals surface area contributed by atoms with E-state index in [0.29, 0.717) is 23.5 Å². The number of aliphatic hydroxyl groups is 1. The second-order valence-corrected chi connectivity index (χ2v) is 11.5. The van der Waals surface area contributed by atoms with E-state index in [2.05, 4.69) is 25.1 Å². The van der Waals surface area contributed by atoms with Gasteiger partial charge in [-0.25, -0.2) is 0 Å². The van der Waals surface area contributed by atoms with Crippen LogP contribution in [0.25, 0.3) is 0 Å². The Labute approximate surface area is 168 Å². The van der Waals surface area contributed by atoms with Crippen molar-refractivity contribution in [2.45, 2.75) is 81.8 Å². The first-order valence-electron chi connectivity index (χ1n) is 10.3. The summed E-state index contributed by atoms with van der Waals surface area (Å²) >= 11 is 9.62. The van der Waals surface area contributed by atoms with Crippen LogP contribution in [0.3, 0.4) is 0 Å². The highest BCUT2D eigenvalue weighted by Gasteiger charge is 2.61. The highest BCUT2D eigenvalue weighted by molar-refractivity contribution is 8.02. The lowest BCUT2D eigenvalue weighted by Gasteiger charge is -2.60. The molecule has 4 aliphatic carbocycles. The Morgan fingerprint density at radius 3 is 2.65 bits per heavy atom. The molecule has 0 bridgehead atoms. The van der Waals surface area contributed by atoms with Gasteiger partial charge in [0.2, 0.25) is 0 Å². The number of rotatable bonds is 2. The number of thiol groups is 2. The van der Waals surface area contributed by atoms with Gasteiger partial charge in [0, 0.05) is 0 Å². The summed E-state index contributed by atoms with van der Waals surface area (Å²) in [5.74, 6) is 1.98. The number of oxime groups is 1. The quantitative estimate of drug-likeness (QED) is 0.228. The minimum absolute atomic E-state index is 0.112. The van der Waals surface area contributed by atoms with Crippen LogP contribution in [0.5, 0.6) is 0 Å². The van der Waals surface area contributed by atoms with Crippen LogP contribution < -0.4 is 0 Å². The van der Waals surface area contributed by atoms with Crippen molar-refractivity contribution in [1.29, 1.82) is 0 Å². The van der Waals surface area contributed by atoms with Crippen molar-refractivity contribution in [3.05, 3.63) is 11.6 Å². The fourth-order valence-electron chi connectivity index (χ4n) is 7.42. The van der Waals surface area contributed by atoms with Gasteiger partial charge in [0.15, 0.2) is 0 Å². The molecule has 26 heavy (non-hydrogen) atoms. The summed E-state index contributed by atoms with van der Waals surface area (Å²) in [4.78, 5) is 0. The maximum atomic E-state index is 10.6. The van der Waals surface area contributed by atoms with Crippen molar-refractivity contribution in [3.63, 3.8) is 0 Å². The van der Waals surface area contributed by atoms with Crippen molar-refractivity contribution in [2.75, 3.05) is 0 Å². The van der Waals surface area contributed by atoms with Gasteiger partial charge in [0.25, 0.3) is 0 Å². The molecule has 0 aromatic heterocycles. The molecule has 3 nitrogen and oxygen atoms in total. The second kappa shape index (κ2) is 6.45. The Hall–Kier alpha value is -0.130. The maximum Gasteiger partial charge on any atom is 0.105 e. The molecule has 2 N–H and O–H groups in total.